The molecule has 2 rings (SSSR count). The number of esters is 1. The van der Waals surface area contributed by atoms with Crippen LogP contribution in [0.1, 0.15) is 29.3 Å². The Labute approximate surface area is 153 Å². The summed E-state index contributed by atoms with van der Waals surface area (Å²) in [5.74, 6) is 0.0268. The Morgan fingerprint density at radius 3 is 2.50 bits per heavy atom. The minimum absolute atomic E-state index is 0.289. The Bertz CT molecular complexity index is 730. The lowest BCUT2D eigenvalue weighted by Crippen LogP contribution is -2.29. The third kappa shape index (κ3) is 5.81. The van der Waals surface area contributed by atoms with Crippen molar-refractivity contribution in [1.29, 1.82) is 0 Å². The maximum Gasteiger partial charge on any atom is 0.338 e. The first-order chi connectivity index (χ1) is 12.6. The minimum atomic E-state index is -0.593. The second kappa shape index (κ2) is 10.1. The smallest absolute Gasteiger partial charge is 0.338 e. The number of ether oxygens (including phenoxy) is 3. The Kier molecular flexibility index (Phi) is 7.49. The number of amides is 1. The van der Waals surface area contributed by atoms with Crippen molar-refractivity contribution in [1.82, 2.24) is 5.32 Å². The lowest BCUT2D eigenvalue weighted by Gasteiger charge is -2.12. The van der Waals surface area contributed by atoms with Crippen molar-refractivity contribution in [3.05, 3.63) is 59.7 Å². The first-order valence-electron chi connectivity index (χ1n) is 8.42. The maximum absolute atomic E-state index is 12.1. The maximum atomic E-state index is 12.1. The van der Waals surface area contributed by atoms with Gasteiger partial charge in [-0.3, -0.25) is 4.79 Å². The van der Waals surface area contributed by atoms with Crippen molar-refractivity contribution in [2.24, 2.45) is 0 Å². The molecular weight excluding hydrogens is 334 g/mol. The lowest BCUT2D eigenvalue weighted by molar-refractivity contribution is -0.124. The summed E-state index contributed by atoms with van der Waals surface area (Å²) in [6, 6.07) is 14.5. The van der Waals surface area contributed by atoms with Crippen LogP contribution in [0.3, 0.4) is 0 Å². The molecule has 0 saturated carbocycles. The molecule has 0 spiro atoms. The molecule has 0 aromatic heterocycles. The van der Waals surface area contributed by atoms with Crippen LogP contribution < -0.4 is 14.8 Å². The van der Waals surface area contributed by atoms with Gasteiger partial charge < -0.3 is 19.5 Å². The van der Waals surface area contributed by atoms with Crippen LogP contribution in [0.4, 0.5) is 0 Å². The van der Waals surface area contributed by atoms with Crippen molar-refractivity contribution in [3.63, 3.8) is 0 Å². The molecule has 1 amide bonds. The fourth-order valence-electron chi connectivity index (χ4n) is 2.18. The summed E-state index contributed by atoms with van der Waals surface area (Å²) < 4.78 is 16.0. The van der Waals surface area contributed by atoms with Crippen LogP contribution in [0, 0.1) is 0 Å². The molecule has 6 heteroatoms. The van der Waals surface area contributed by atoms with Crippen LogP contribution in [-0.2, 0) is 16.1 Å². The first kappa shape index (κ1) is 19.3. The van der Waals surface area contributed by atoms with E-state index in [1.54, 1.807) is 12.1 Å². The number of rotatable bonds is 9. The van der Waals surface area contributed by atoms with E-state index in [1.807, 2.05) is 37.3 Å². The fourth-order valence-corrected chi connectivity index (χ4v) is 2.18. The van der Waals surface area contributed by atoms with Crippen LogP contribution in [0.25, 0.3) is 0 Å². The van der Waals surface area contributed by atoms with Crippen LogP contribution in [-0.4, -0.2) is 32.1 Å². The van der Waals surface area contributed by atoms with E-state index < -0.39 is 5.97 Å². The van der Waals surface area contributed by atoms with Crippen molar-refractivity contribution in [3.8, 4) is 11.5 Å². The second-order valence-corrected chi connectivity index (χ2v) is 5.57. The van der Waals surface area contributed by atoms with Gasteiger partial charge in [-0.05, 0) is 30.2 Å². The van der Waals surface area contributed by atoms with E-state index in [4.69, 9.17) is 14.2 Å². The molecule has 26 heavy (non-hydrogen) atoms. The van der Waals surface area contributed by atoms with Gasteiger partial charge in [0.2, 0.25) is 0 Å². The molecule has 0 aliphatic carbocycles. The van der Waals surface area contributed by atoms with Gasteiger partial charge in [0.15, 0.2) is 18.1 Å². The van der Waals surface area contributed by atoms with E-state index in [-0.39, 0.29) is 18.1 Å². The molecule has 0 bridgehead atoms. The van der Waals surface area contributed by atoms with Crippen molar-refractivity contribution in [2.75, 3.05) is 20.3 Å². The Balaban J connectivity index is 1.96. The monoisotopic (exact) mass is 357 g/mol. The molecule has 0 atom stereocenters. The molecule has 0 heterocycles. The summed E-state index contributed by atoms with van der Waals surface area (Å²) in [5.41, 5.74) is 1.31. The van der Waals surface area contributed by atoms with Crippen molar-refractivity contribution in [2.45, 2.75) is 20.0 Å². The molecule has 6 nitrogen and oxygen atoms in total. The summed E-state index contributed by atoms with van der Waals surface area (Å²) in [6.45, 7) is 2.57. The van der Waals surface area contributed by atoms with Gasteiger partial charge in [-0.1, -0.05) is 37.3 Å². The SMILES string of the molecule is CCCNC(=O)COC(=O)c1ccc(OCc2ccccc2)c(OC)c1. The summed E-state index contributed by atoms with van der Waals surface area (Å²) in [5, 5.41) is 2.64. The number of benzene rings is 2. The van der Waals surface area contributed by atoms with Crippen LogP contribution in [0.2, 0.25) is 0 Å². The summed E-state index contributed by atoms with van der Waals surface area (Å²) in [7, 11) is 1.50. The molecule has 0 aliphatic rings. The van der Waals surface area contributed by atoms with Gasteiger partial charge >= 0.3 is 5.97 Å². The van der Waals surface area contributed by atoms with E-state index in [1.165, 1.54) is 13.2 Å². The topological polar surface area (TPSA) is 73.9 Å². The zero-order chi connectivity index (χ0) is 18.8. The molecule has 0 radical (unpaired) electrons. The van der Waals surface area contributed by atoms with Crippen LogP contribution in [0.15, 0.2) is 48.5 Å². The molecule has 0 fully saturated rings. The summed E-state index contributed by atoms with van der Waals surface area (Å²) in [4.78, 5) is 23.6. The highest BCUT2D eigenvalue weighted by Gasteiger charge is 2.14. The van der Waals surface area contributed by atoms with E-state index in [9.17, 15) is 9.59 Å². The summed E-state index contributed by atoms with van der Waals surface area (Å²) >= 11 is 0. The van der Waals surface area contributed by atoms with Gasteiger partial charge in [0.25, 0.3) is 5.91 Å². The number of hydrogen-bond acceptors (Lipinski definition) is 5. The third-order valence-corrected chi connectivity index (χ3v) is 3.54. The van der Waals surface area contributed by atoms with E-state index >= 15 is 0 Å². The number of methoxy groups -OCH3 is 1. The van der Waals surface area contributed by atoms with Gasteiger partial charge in [0, 0.05) is 6.54 Å². The Morgan fingerprint density at radius 2 is 1.81 bits per heavy atom. The first-order valence-corrected chi connectivity index (χ1v) is 8.42. The molecule has 2 aromatic rings. The van der Waals surface area contributed by atoms with E-state index in [0.717, 1.165) is 12.0 Å². The highest BCUT2D eigenvalue weighted by Crippen LogP contribution is 2.29. The second-order valence-electron chi connectivity index (χ2n) is 5.57. The van der Waals surface area contributed by atoms with E-state index in [0.29, 0.717) is 24.7 Å². The fraction of sp³-hybridized carbons (Fsp3) is 0.300. The van der Waals surface area contributed by atoms with Crippen molar-refractivity contribution >= 4 is 11.9 Å². The number of carbonyl (C=O) groups excluding carboxylic acids is 2. The van der Waals surface area contributed by atoms with Gasteiger partial charge in [-0.15, -0.1) is 0 Å². The highest BCUT2D eigenvalue weighted by molar-refractivity contribution is 5.92. The molecule has 0 saturated heterocycles. The summed E-state index contributed by atoms with van der Waals surface area (Å²) in [6.07, 6.45) is 0.821. The molecule has 0 aliphatic heterocycles. The normalized spacial score (nSPS) is 10.1. The number of nitrogens with one attached hydrogen (secondary N) is 1. The molecule has 2 aromatic carbocycles. The number of carbonyl (C=O) groups is 2. The van der Waals surface area contributed by atoms with Crippen LogP contribution in [0.5, 0.6) is 11.5 Å². The van der Waals surface area contributed by atoms with Gasteiger partial charge in [0.1, 0.15) is 6.61 Å². The third-order valence-electron chi connectivity index (χ3n) is 3.54. The molecule has 1 N–H and O–H groups in total. The average molecular weight is 357 g/mol. The zero-order valence-electron chi connectivity index (χ0n) is 15.0. The van der Waals surface area contributed by atoms with Crippen molar-refractivity contribution < 1.29 is 23.8 Å². The predicted octanol–water partition coefficient (Wildman–Crippen LogP) is 2.96. The molecular formula is C20H23NO5. The van der Waals surface area contributed by atoms with Gasteiger partial charge in [0.05, 0.1) is 12.7 Å². The predicted molar refractivity (Wildman–Crippen MR) is 97.4 cm³/mol. The average Bonchev–Trinajstić information content (AvgIpc) is 2.69. The Morgan fingerprint density at radius 1 is 1.04 bits per heavy atom. The van der Waals surface area contributed by atoms with E-state index in [2.05, 4.69) is 5.32 Å². The zero-order valence-corrected chi connectivity index (χ0v) is 15.0. The molecule has 0 unspecified atom stereocenters. The minimum Gasteiger partial charge on any atom is -0.493 e. The highest BCUT2D eigenvalue weighted by atomic mass is 16.5. The van der Waals surface area contributed by atoms with Crippen LogP contribution >= 0.6 is 0 Å². The quantitative estimate of drug-likeness (QED) is 0.699. The molecule has 138 valence electrons. The Hall–Kier alpha value is -3.02. The number of hydrogen-bond donors (Lipinski definition) is 1. The largest absolute Gasteiger partial charge is 0.493 e. The van der Waals surface area contributed by atoms with Gasteiger partial charge in [-0.2, -0.15) is 0 Å². The van der Waals surface area contributed by atoms with Gasteiger partial charge in [-0.25, -0.2) is 4.79 Å². The standard InChI is InChI=1S/C20H23NO5/c1-3-11-21-19(22)14-26-20(23)16-9-10-17(18(12-16)24-2)25-13-15-7-5-4-6-8-15/h4-10,12H,3,11,13-14H2,1-2H3,(H,21,22). The lowest BCUT2D eigenvalue weighted by atomic mass is 10.2.